The van der Waals surface area contributed by atoms with E-state index >= 15 is 0 Å². The summed E-state index contributed by atoms with van der Waals surface area (Å²) in [6, 6.07) is 4.88. The van der Waals surface area contributed by atoms with Gasteiger partial charge in [-0.3, -0.25) is 9.59 Å². The Bertz CT molecular complexity index is 489. The molecule has 0 fully saturated rings. The first-order valence-electron chi connectivity index (χ1n) is 5.27. The topological polar surface area (TPSA) is 72.2 Å². The van der Waals surface area contributed by atoms with Crippen LogP contribution in [0.5, 0.6) is 0 Å². The highest BCUT2D eigenvalue weighted by atomic mass is 79.9. The van der Waals surface area contributed by atoms with E-state index in [2.05, 4.69) is 21.2 Å². The highest BCUT2D eigenvalue weighted by Crippen LogP contribution is 2.22. The van der Waals surface area contributed by atoms with Crippen LogP contribution in [0.15, 0.2) is 22.7 Å². The van der Waals surface area contributed by atoms with Crippen molar-refractivity contribution in [2.45, 2.75) is 25.8 Å². The molecule has 0 unspecified atom stereocenters. The van der Waals surface area contributed by atoms with Crippen LogP contribution in [0.3, 0.4) is 0 Å². The van der Waals surface area contributed by atoms with E-state index in [1.807, 2.05) is 0 Å². The summed E-state index contributed by atoms with van der Waals surface area (Å²) in [4.78, 5) is 22.9. The molecule has 6 heteroatoms. The lowest BCUT2D eigenvalue weighted by Gasteiger charge is -2.25. The number of nitrogens with two attached hydrogens (primary N) is 1. The van der Waals surface area contributed by atoms with Gasteiger partial charge in [0.2, 0.25) is 5.91 Å². The summed E-state index contributed by atoms with van der Waals surface area (Å²) in [6.07, 6.45) is 0.0734. The van der Waals surface area contributed by atoms with Crippen LogP contribution in [-0.2, 0) is 4.79 Å². The van der Waals surface area contributed by atoms with E-state index in [4.69, 9.17) is 17.3 Å². The molecule has 0 aliphatic carbocycles. The van der Waals surface area contributed by atoms with Crippen LogP contribution in [0.25, 0.3) is 0 Å². The van der Waals surface area contributed by atoms with E-state index < -0.39 is 11.4 Å². The maximum atomic E-state index is 12.0. The molecule has 4 nitrogen and oxygen atoms in total. The van der Waals surface area contributed by atoms with Crippen molar-refractivity contribution in [1.29, 1.82) is 0 Å². The number of rotatable bonds is 4. The van der Waals surface area contributed by atoms with Gasteiger partial charge in [0.25, 0.3) is 5.91 Å². The van der Waals surface area contributed by atoms with Crippen LogP contribution < -0.4 is 11.1 Å². The fraction of sp³-hybridized carbons (Fsp3) is 0.333. The number of carbonyl (C=O) groups excluding carboxylic acids is 2. The zero-order valence-electron chi connectivity index (χ0n) is 10.1. The van der Waals surface area contributed by atoms with Crippen molar-refractivity contribution in [3.05, 3.63) is 33.3 Å². The van der Waals surface area contributed by atoms with Crippen molar-refractivity contribution in [2.24, 2.45) is 5.73 Å². The van der Waals surface area contributed by atoms with Crippen molar-refractivity contribution in [3.63, 3.8) is 0 Å². The molecule has 1 aromatic rings. The van der Waals surface area contributed by atoms with E-state index in [0.717, 1.165) is 0 Å². The van der Waals surface area contributed by atoms with Crippen molar-refractivity contribution in [3.8, 4) is 0 Å². The molecule has 0 radical (unpaired) electrons. The lowest BCUT2D eigenvalue weighted by Crippen LogP contribution is -2.46. The van der Waals surface area contributed by atoms with Gasteiger partial charge in [-0.2, -0.15) is 0 Å². The van der Waals surface area contributed by atoms with E-state index in [-0.39, 0.29) is 12.3 Å². The summed E-state index contributed by atoms with van der Waals surface area (Å²) in [5.74, 6) is -0.750. The molecule has 0 spiro atoms. The molecule has 1 aromatic carbocycles. The lowest BCUT2D eigenvalue weighted by atomic mass is 9.99. The number of nitrogens with one attached hydrogen (secondary N) is 1. The number of amides is 2. The van der Waals surface area contributed by atoms with Gasteiger partial charge < -0.3 is 11.1 Å². The molecule has 0 aromatic heterocycles. The fourth-order valence-electron chi connectivity index (χ4n) is 1.53. The van der Waals surface area contributed by atoms with Crippen molar-refractivity contribution >= 4 is 39.3 Å². The maximum absolute atomic E-state index is 12.0. The SMILES string of the molecule is CC(C)(CC(N)=O)NC(=O)c1ccc(Cl)cc1Br. The maximum Gasteiger partial charge on any atom is 0.252 e. The Morgan fingerprint density at radius 2 is 2.06 bits per heavy atom. The van der Waals surface area contributed by atoms with E-state index in [1.165, 1.54) is 0 Å². The van der Waals surface area contributed by atoms with Gasteiger partial charge in [-0.1, -0.05) is 11.6 Å². The molecule has 0 saturated heterocycles. The Hall–Kier alpha value is -1.07. The van der Waals surface area contributed by atoms with Crippen LogP contribution in [0, 0.1) is 0 Å². The largest absolute Gasteiger partial charge is 0.370 e. The van der Waals surface area contributed by atoms with Crippen molar-refractivity contribution < 1.29 is 9.59 Å². The first kappa shape index (κ1) is 15.0. The van der Waals surface area contributed by atoms with E-state index in [9.17, 15) is 9.59 Å². The minimum atomic E-state index is -0.692. The predicted molar refractivity (Wildman–Crippen MR) is 74.5 cm³/mol. The second kappa shape index (κ2) is 5.71. The molecular formula is C12H14BrClN2O2. The summed E-state index contributed by atoms with van der Waals surface area (Å²) in [5.41, 5.74) is 4.89. The molecule has 0 saturated carbocycles. The monoisotopic (exact) mass is 332 g/mol. The Labute approximate surface area is 119 Å². The van der Waals surface area contributed by atoms with Gasteiger partial charge in [0.15, 0.2) is 0 Å². The van der Waals surface area contributed by atoms with E-state index in [0.29, 0.717) is 15.1 Å². The minimum Gasteiger partial charge on any atom is -0.370 e. The predicted octanol–water partition coefficient (Wildman–Crippen LogP) is 2.49. The standard InChI is InChI=1S/C12H14BrClN2O2/c1-12(2,6-10(15)17)16-11(18)8-4-3-7(14)5-9(8)13/h3-5H,6H2,1-2H3,(H2,15,17)(H,16,18). The summed E-state index contributed by atoms with van der Waals surface area (Å²) in [7, 11) is 0. The van der Waals surface area contributed by atoms with Crippen LogP contribution in [0.2, 0.25) is 5.02 Å². The van der Waals surface area contributed by atoms with Gasteiger partial charge in [0, 0.05) is 21.5 Å². The van der Waals surface area contributed by atoms with Gasteiger partial charge in [-0.15, -0.1) is 0 Å². The zero-order chi connectivity index (χ0) is 13.9. The molecule has 18 heavy (non-hydrogen) atoms. The summed E-state index contributed by atoms with van der Waals surface area (Å²) >= 11 is 9.07. The molecule has 3 N–H and O–H groups in total. The lowest BCUT2D eigenvalue weighted by molar-refractivity contribution is -0.119. The van der Waals surface area contributed by atoms with Crippen LogP contribution >= 0.6 is 27.5 Å². The average molecular weight is 334 g/mol. The molecule has 0 aliphatic heterocycles. The normalized spacial score (nSPS) is 11.1. The first-order chi connectivity index (χ1) is 8.21. The highest BCUT2D eigenvalue weighted by molar-refractivity contribution is 9.10. The molecule has 0 heterocycles. The molecule has 0 atom stereocenters. The summed E-state index contributed by atoms with van der Waals surface area (Å²) < 4.78 is 0.599. The summed E-state index contributed by atoms with van der Waals surface area (Å²) in [5, 5.41) is 3.29. The van der Waals surface area contributed by atoms with Crippen LogP contribution in [0.4, 0.5) is 0 Å². The summed E-state index contributed by atoms with van der Waals surface area (Å²) in [6.45, 7) is 3.47. The highest BCUT2D eigenvalue weighted by Gasteiger charge is 2.24. The van der Waals surface area contributed by atoms with Gasteiger partial charge in [0.05, 0.1) is 5.56 Å². The number of primary amides is 1. The molecule has 2 amide bonds. The molecule has 0 bridgehead atoms. The molecular weight excluding hydrogens is 320 g/mol. The number of halogens is 2. The fourth-order valence-corrected chi connectivity index (χ4v) is 2.39. The number of hydrogen-bond donors (Lipinski definition) is 2. The number of carbonyl (C=O) groups is 2. The van der Waals surface area contributed by atoms with E-state index in [1.54, 1.807) is 32.0 Å². The third-order valence-electron chi connectivity index (χ3n) is 2.24. The van der Waals surface area contributed by atoms with Crippen LogP contribution in [0.1, 0.15) is 30.6 Å². The number of benzene rings is 1. The third kappa shape index (κ3) is 4.31. The average Bonchev–Trinajstić information content (AvgIpc) is 2.13. The second-order valence-electron chi connectivity index (χ2n) is 4.61. The Morgan fingerprint density at radius 1 is 1.44 bits per heavy atom. The Morgan fingerprint density at radius 3 is 2.56 bits per heavy atom. The molecule has 1 rings (SSSR count). The number of hydrogen-bond acceptors (Lipinski definition) is 2. The minimum absolute atomic E-state index is 0.0734. The Kier molecular flexibility index (Phi) is 4.76. The quantitative estimate of drug-likeness (QED) is 0.888. The molecule has 98 valence electrons. The smallest absolute Gasteiger partial charge is 0.252 e. The zero-order valence-corrected chi connectivity index (χ0v) is 12.4. The van der Waals surface area contributed by atoms with Crippen molar-refractivity contribution in [2.75, 3.05) is 0 Å². The van der Waals surface area contributed by atoms with Gasteiger partial charge in [-0.05, 0) is 48.0 Å². The van der Waals surface area contributed by atoms with Gasteiger partial charge in [-0.25, -0.2) is 0 Å². The molecule has 0 aliphatic rings. The van der Waals surface area contributed by atoms with Gasteiger partial charge in [0.1, 0.15) is 0 Å². The second-order valence-corrected chi connectivity index (χ2v) is 5.90. The Balaban J connectivity index is 2.85. The van der Waals surface area contributed by atoms with Crippen LogP contribution in [-0.4, -0.2) is 17.4 Å². The van der Waals surface area contributed by atoms with Gasteiger partial charge >= 0.3 is 0 Å². The first-order valence-corrected chi connectivity index (χ1v) is 6.44. The van der Waals surface area contributed by atoms with Crippen molar-refractivity contribution in [1.82, 2.24) is 5.32 Å². The third-order valence-corrected chi connectivity index (χ3v) is 3.14.